The van der Waals surface area contributed by atoms with Crippen molar-refractivity contribution in [3.8, 4) is 0 Å². The molecule has 0 saturated carbocycles. The van der Waals surface area contributed by atoms with E-state index in [-0.39, 0.29) is 21.5 Å². The summed E-state index contributed by atoms with van der Waals surface area (Å²) in [4.78, 5) is 12.8. The van der Waals surface area contributed by atoms with Gasteiger partial charge in [-0.3, -0.25) is 4.79 Å². The Hall–Kier alpha value is -1.41. The van der Waals surface area contributed by atoms with E-state index in [0.717, 1.165) is 10.0 Å². The molecule has 2 rings (SSSR count). The Balaban J connectivity index is 2.33. The van der Waals surface area contributed by atoms with Crippen molar-refractivity contribution in [2.75, 3.05) is 13.1 Å². The summed E-state index contributed by atoms with van der Waals surface area (Å²) in [5.41, 5.74) is 1.04. The predicted molar refractivity (Wildman–Crippen MR) is 112 cm³/mol. The van der Waals surface area contributed by atoms with Crippen LogP contribution in [0.3, 0.4) is 0 Å². The second-order valence-corrected chi connectivity index (χ2v) is 9.15. The third-order valence-corrected chi connectivity index (χ3v) is 7.34. The van der Waals surface area contributed by atoms with Gasteiger partial charge in [0.05, 0.1) is 21.5 Å². The fourth-order valence-corrected chi connectivity index (χ4v) is 5.05. The van der Waals surface area contributed by atoms with Crippen molar-refractivity contribution in [2.24, 2.45) is 0 Å². The zero-order valence-corrected chi connectivity index (χ0v) is 18.5. The molecule has 0 aliphatic carbocycles. The summed E-state index contributed by atoms with van der Waals surface area (Å²) in [5, 5.41) is 3.07. The van der Waals surface area contributed by atoms with Crippen molar-refractivity contribution >= 4 is 43.5 Å². The van der Waals surface area contributed by atoms with Gasteiger partial charge in [0.2, 0.25) is 10.0 Å². The summed E-state index contributed by atoms with van der Waals surface area (Å²) in [6, 6.07) is 11.5. The number of benzene rings is 2. The molecule has 2 aromatic carbocycles. The Kier molecular flexibility index (Phi) is 7.45. The fraction of sp³-hybridized carbons (Fsp3) is 0.316. The van der Waals surface area contributed by atoms with Gasteiger partial charge in [0.1, 0.15) is 0 Å². The van der Waals surface area contributed by atoms with E-state index in [1.807, 2.05) is 31.2 Å². The monoisotopic (exact) mass is 472 g/mol. The van der Waals surface area contributed by atoms with Crippen LogP contribution in [0.2, 0.25) is 5.02 Å². The molecule has 0 radical (unpaired) electrons. The van der Waals surface area contributed by atoms with Crippen LogP contribution in [0.15, 0.2) is 51.8 Å². The maximum Gasteiger partial charge on any atom is 0.253 e. The van der Waals surface area contributed by atoms with E-state index in [1.54, 1.807) is 13.8 Å². The average Bonchev–Trinajstić information content (AvgIpc) is 2.62. The van der Waals surface area contributed by atoms with Crippen LogP contribution >= 0.6 is 27.5 Å². The first-order chi connectivity index (χ1) is 12.7. The number of nitrogens with one attached hydrogen (secondary N) is 1. The highest BCUT2D eigenvalue weighted by Crippen LogP contribution is 2.26. The Bertz CT molecular complexity index is 930. The minimum atomic E-state index is -3.67. The quantitative estimate of drug-likeness (QED) is 0.638. The van der Waals surface area contributed by atoms with Crippen molar-refractivity contribution in [1.29, 1.82) is 0 Å². The van der Waals surface area contributed by atoms with Crippen LogP contribution in [0.5, 0.6) is 0 Å². The summed E-state index contributed by atoms with van der Waals surface area (Å²) < 4.78 is 27.6. The first-order valence-corrected chi connectivity index (χ1v) is 11.2. The van der Waals surface area contributed by atoms with Crippen LogP contribution in [0, 0.1) is 0 Å². The number of hydrogen-bond acceptors (Lipinski definition) is 3. The van der Waals surface area contributed by atoms with Crippen LogP contribution in [0.4, 0.5) is 0 Å². The molecular formula is C19H22BrClN2O3S. The minimum Gasteiger partial charge on any atom is -0.345 e. The number of sulfonamides is 1. The number of carbonyl (C=O) groups is 1. The lowest BCUT2D eigenvalue weighted by atomic mass is 10.1. The first kappa shape index (κ1) is 21.9. The second-order valence-electron chi connectivity index (χ2n) is 5.95. The largest absolute Gasteiger partial charge is 0.345 e. The first-order valence-electron chi connectivity index (χ1n) is 8.57. The van der Waals surface area contributed by atoms with Crippen LogP contribution in [-0.2, 0) is 10.0 Å². The van der Waals surface area contributed by atoms with Gasteiger partial charge in [-0.15, -0.1) is 0 Å². The van der Waals surface area contributed by atoms with Crippen LogP contribution in [0.1, 0.15) is 42.7 Å². The van der Waals surface area contributed by atoms with Crippen LogP contribution in [0.25, 0.3) is 0 Å². The SMILES string of the molecule is CCN(CC)S(=O)(=O)c1ccc(Cl)c(C(=O)N[C@@H](C)c2ccccc2Br)c1. The van der Waals surface area contributed by atoms with Gasteiger partial charge in [0.25, 0.3) is 5.91 Å². The molecule has 8 heteroatoms. The normalized spacial score (nSPS) is 12.8. The number of halogens is 2. The Morgan fingerprint density at radius 3 is 2.41 bits per heavy atom. The van der Waals surface area contributed by atoms with Gasteiger partial charge in [0, 0.05) is 17.6 Å². The molecule has 0 aromatic heterocycles. The molecule has 0 heterocycles. The molecule has 2 aromatic rings. The zero-order chi connectivity index (χ0) is 20.2. The molecule has 27 heavy (non-hydrogen) atoms. The van der Waals surface area contributed by atoms with Gasteiger partial charge in [0.15, 0.2) is 0 Å². The Morgan fingerprint density at radius 2 is 1.81 bits per heavy atom. The molecule has 0 unspecified atom stereocenters. The molecule has 1 atom stereocenters. The lowest BCUT2D eigenvalue weighted by molar-refractivity contribution is 0.0939. The van der Waals surface area contributed by atoms with Crippen molar-refractivity contribution in [1.82, 2.24) is 9.62 Å². The van der Waals surface area contributed by atoms with Crippen molar-refractivity contribution in [2.45, 2.75) is 31.7 Å². The topological polar surface area (TPSA) is 66.5 Å². The molecule has 0 spiro atoms. The van der Waals surface area contributed by atoms with Gasteiger partial charge in [-0.25, -0.2) is 8.42 Å². The summed E-state index contributed by atoms with van der Waals surface area (Å²) in [6.07, 6.45) is 0. The molecule has 1 amide bonds. The zero-order valence-electron chi connectivity index (χ0n) is 15.4. The smallest absolute Gasteiger partial charge is 0.253 e. The standard InChI is InChI=1S/C19H22BrClN2O3S/c1-4-23(5-2)27(25,26)14-10-11-18(21)16(12-14)19(24)22-13(3)15-8-6-7-9-17(15)20/h6-13H,4-5H2,1-3H3,(H,22,24)/t13-/m0/s1. The fourth-order valence-electron chi connectivity index (χ4n) is 2.73. The Labute approximate surface area is 173 Å². The molecule has 0 fully saturated rings. The highest BCUT2D eigenvalue weighted by atomic mass is 79.9. The van der Waals surface area contributed by atoms with Crippen LogP contribution in [-0.4, -0.2) is 31.7 Å². The second kappa shape index (κ2) is 9.19. The average molecular weight is 474 g/mol. The number of carbonyl (C=O) groups excluding carboxylic acids is 1. The maximum atomic E-state index is 12.7. The van der Waals surface area contributed by atoms with Crippen molar-refractivity contribution in [3.05, 3.63) is 63.1 Å². The van der Waals surface area contributed by atoms with E-state index in [1.165, 1.54) is 22.5 Å². The van der Waals surface area contributed by atoms with E-state index >= 15 is 0 Å². The molecule has 0 aliphatic rings. The van der Waals surface area contributed by atoms with E-state index < -0.39 is 15.9 Å². The molecule has 0 bridgehead atoms. The van der Waals surface area contributed by atoms with Gasteiger partial charge in [-0.1, -0.05) is 59.6 Å². The van der Waals surface area contributed by atoms with Crippen LogP contribution < -0.4 is 5.32 Å². The number of rotatable bonds is 7. The van der Waals surface area contributed by atoms with Crippen molar-refractivity contribution < 1.29 is 13.2 Å². The van der Waals surface area contributed by atoms with E-state index in [4.69, 9.17) is 11.6 Å². The van der Waals surface area contributed by atoms with Gasteiger partial charge in [-0.05, 0) is 36.8 Å². The lowest BCUT2D eigenvalue weighted by Gasteiger charge is -2.20. The van der Waals surface area contributed by atoms with Crippen molar-refractivity contribution in [3.63, 3.8) is 0 Å². The number of amides is 1. The predicted octanol–water partition coefficient (Wildman–Crippen LogP) is 4.62. The summed E-state index contributed by atoms with van der Waals surface area (Å²) >= 11 is 9.64. The number of hydrogen-bond donors (Lipinski definition) is 1. The Morgan fingerprint density at radius 1 is 1.19 bits per heavy atom. The van der Waals surface area contributed by atoms with E-state index in [9.17, 15) is 13.2 Å². The molecule has 146 valence electrons. The van der Waals surface area contributed by atoms with E-state index in [2.05, 4.69) is 21.2 Å². The van der Waals surface area contributed by atoms with E-state index in [0.29, 0.717) is 13.1 Å². The summed E-state index contributed by atoms with van der Waals surface area (Å²) in [6.45, 7) is 6.08. The van der Waals surface area contributed by atoms with Gasteiger partial charge < -0.3 is 5.32 Å². The number of nitrogens with zero attached hydrogens (tertiary/aromatic N) is 1. The highest BCUT2D eigenvalue weighted by Gasteiger charge is 2.24. The lowest BCUT2D eigenvalue weighted by Crippen LogP contribution is -2.31. The van der Waals surface area contributed by atoms with Gasteiger partial charge in [-0.2, -0.15) is 4.31 Å². The minimum absolute atomic E-state index is 0.0503. The summed E-state index contributed by atoms with van der Waals surface area (Å²) in [7, 11) is -3.67. The highest BCUT2D eigenvalue weighted by molar-refractivity contribution is 9.10. The molecular weight excluding hydrogens is 452 g/mol. The molecule has 0 aliphatic heterocycles. The third-order valence-electron chi connectivity index (χ3n) is 4.24. The van der Waals surface area contributed by atoms with Gasteiger partial charge >= 0.3 is 0 Å². The summed E-state index contributed by atoms with van der Waals surface area (Å²) in [5.74, 6) is -0.431. The molecule has 5 nitrogen and oxygen atoms in total. The molecule has 0 saturated heterocycles. The third kappa shape index (κ3) is 4.90. The maximum absolute atomic E-state index is 12.7. The molecule has 1 N–H and O–H groups in total.